The molecule has 194 valence electrons. The van der Waals surface area contributed by atoms with Crippen LogP contribution in [-0.4, -0.2) is 54.9 Å². The number of benzene rings is 2. The second kappa shape index (κ2) is 11.5. The fraction of sp³-hybridized carbons (Fsp3) is 0.400. The van der Waals surface area contributed by atoms with Crippen LogP contribution < -0.4 is 10.1 Å². The number of piperidine rings is 1. The second-order valence-electron chi connectivity index (χ2n) is 10.2. The molecule has 7 heteroatoms. The molecule has 6 nitrogen and oxygen atoms in total. The quantitative estimate of drug-likeness (QED) is 0.427. The maximum Gasteiger partial charge on any atom is 0.252 e. The summed E-state index contributed by atoms with van der Waals surface area (Å²) in [5, 5.41) is 7.06. The first-order valence-corrected chi connectivity index (χ1v) is 14.0. The van der Waals surface area contributed by atoms with Crippen LogP contribution in [0.3, 0.4) is 0 Å². The highest BCUT2D eigenvalue weighted by Gasteiger charge is 2.47. The third-order valence-corrected chi connectivity index (χ3v) is 8.65. The van der Waals surface area contributed by atoms with Crippen LogP contribution in [0.5, 0.6) is 5.75 Å². The third kappa shape index (κ3) is 5.89. The topological polar surface area (TPSA) is 61.9 Å². The predicted octanol–water partition coefficient (Wildman–Crippen LogP) is 5.13. The molecule has 0 bridgehead atoms. The molecule has 2 aliphatic rings. The zero-order chi connectivity index (χ0) is 25.7. The fourth-order valence-electron chi connectivity index (χ4n) is 5.62. The van der Waals surface area contributed by atoms with Gasteiger partial charge in [0.25, 0.3) is 5.91 Å². The summed E-state index contributed by atoms with van der Waals surface area (Å²) in [4.78, 5) is 30.7. The molecule has 3 heterocycles. The summed E-state index contributed by atoms with van der Waals surface area (Å²) < 4.78 is 5.25. The summed E-state index contributed by atoms with van der Waals surface area (Å²) in [6.45, 7) is 4.22. The van der Waals surface area contributed by atoms with Crippen LogP contribution in [-0.2, 0) is 11.3 Å². The second-order valence-corrected chi connectivity index (χ2v) is 11.0. The number of likely N-dealkylation sites (tertiary alicyclic amines) is 2. The highest BCUT2D eigenvalue weighted by Crippen LogP contribution is 2.42. The maximum absolute atomic E-state index is 13.4. The van der Waals surface area contributed by atoms with E-state index in [1.807, 2.05) is 64.2 Å². The lowest BCUT2D eigenvalue weighted by atomic mass is 9.77. The molecule has 2 saturated heterocycles. The largest absolute Gasteiger partial charge is 0.497 e. The number of thiophene rings is 1. The maximum atomic E-state index is 13.4. The van der Waals surface area contributed by atoms with Gasteiger partial charge in [0, 0.05) is 25.0 Å². The molecule has 0 aliphatic carbocycles. The third-order valence-electron chi connectivity index (χ3n) is 7.97. The smallest absolute Gasteiger partial charge is 0.252 e. The summed E-state index contributed by atoms with van der Waals surface area (Å²) >= 11 is 1.53. The van der Waals surface area contributed by atoms with E-state index in [4.69, 9.17) is 4.74 Å². The number of hydrogen-bond acceptors (Lipinski definition) is 5. The van der Waals surface area contributed by atoms with Crippen molar-refractivity contribution in [2.45, 2.75) is 38.3 Å². The Hall–Kier alpha value is -3.16. The monoisotopic (exact) mass is 517 g/mol. The van der Waals surface area contributed by atoms with Crippen LogP contribution in [0.1, 0.15) is 53.2 Å². The van der Waals surface area contributed by atoms with Crippen molar-refractivity contribution in [1.29, 1.82) is 0 Å². The first-order valence-electron chi connectivity index (χ1n) is 13.1. The van der Waals surface area contributed by atoms with Crippen LogP contribution in [0.2, 0.25) is 0 Å². The van der Waals surface area contributed by atoms with E-state index in [-0.39, 0.29) is 17.4 Å². The van der Waals surface area contributed by atoms with Crippen molar-refractivity contribution < 1.29 is 14.3 Å². The lowest BCUT2D eigenvalue weighted by Crippen LogP contribution is -2.45. The Morgan fingerprint density at radius 3 is 2.43 bits per heavy atom. The number of nitrogens with zero attached hydrogens (tertiary/aromatic N) is 2. The van der Waals surface area contributed by atoms with Crippen molar-refractivity contribution >= 4 is 23.2 Å². The van der Waals surface area contributed by atoms with Gasteiger partial charge in [-0.2, -0.15) is 11.3 Å². The SMILES string of the molecule is COc1ccc(CN2CCC3(CCN(CC[C@H](NC(=O)c4ccsc4)c4ccccc4)CC3)C2=O)cc1. The zero-order valence-corrected chi connectivity index (χ0v) is 22.2. The zero-order valence-electron chi connectivity index (χ0n) is 21.4. The number of carbonyl (C=O) groups excluding carboxylic acids is 2. The number of rotatable bonds is 9. The van der Waals surface area contributed by atoms with E-state index >= 15 is 0 Å². The molecular formula is C30H35N3O3S. The van der Waals surface area contributed by atoms with E-state index in [1.165, 1.54) is 11.3 Å². The summed E-state index contributed by atoms with van der Waals surface area (Å²) in [6, 6.07) is 20.0. The first-order chi connectivity index (χ1) is 18.1. The molecule has 2 aromatic carbocycles. The Balaban J connectivity index is 1.15. The molecule has 5 rings (SSSR count). The lowest BCUT2D eigenvalue weighted by molar-refractivity contribution is -0.138. The lowest BCUT2D eigenvalue weighted by Gasteiger charge is -2.38. The van der Waals surface area contributed by atoms with Crippen LogP contribution in [0.25, 0.3) is 0 Å². The highest BCUT2D eigenvalue weighted by molar-refractivity contribution is 7.08. The Morgan fingerprint density at radius 2 is 1.76 bits per heavy atom. The summed E-state index contributed by atoms with van der Waals surface area (Å²) in [6.07, 6.45) is 3.59. The molecule has 2 amide bonds. The average molecular weight is 518 g/mol. The molecule has 2 fully saturated rings. The number of amides is 2. The van der Waals surface area contributed by atoms with Crippen molar-refractivity contribution in [2.24, 2.45) is 5.41 Å². The normalized spacial score (nSPS) is 18.2. The molecule has 1 atom stereocenters. The number of carbonyl (C=O) groups is 2. The van der Waals surface area contributed by atoms with Gasteiger partial charge in [-0.15, -0.1) is 0 Å². The molecular weight excluding hydrogens is 482 g/mol. The van der Waals surface area contributed by atoms with Gasteiger partial charge in [-0.1, -0.05) is 42.5 Å². The summed E-state index contributed by atoms with van der Waals surface area (Å²) in [5.41, 5.74) is 2.76. The number of nitrogens with one attached hydrogen (secondary N) is 1. The van der Waals surface area contributed by atoms with Crippen molar-refractivity contribution in [3.63, 3.8) is 0 Å². The van der Waals surface area contributed by atoms with Crippen molar-refractivity contribution in [1.82, 2.24) is 15.1 Å². The van der Waals surface area contributed by atoms with Crippen molar-refractivity contribution in [2.75, 3.05) is 33.3 Å². The Bertz CT molecular complexity index is 1170. The van der Waals surface area contributed by atoms with E-state index in [1.54, 1.807) is 7.11 Å². The molecule has 0 radical (unpaired) electrons. The molecule has 0 saturated carbocycles. The summed E-state index contributed by atoms with van der Waals surface area (Å²) in [5.74, 6) is 1.12. The minimum atomic E-state index is -0.213. The van der Waals surface area contributed by atoms with Gasteiger partial charge in [-0.3, -0.25) is 9.59 Å². The van der Waals surface area contributed by atoms with Gasteiger partial charge < -0.3 is 19.9 Å². The number of hydrogen-bond donors (Lipinski definition) is 1. The van der Waals surface area contributed by atoms with Gasteiger partial charge >= 0.3 is 0 Å². The number of methoxy groups -OCH3 is 1. The van der Waals surface area contributed by atoms with Gasteiger partial charge in [-0.05, 0) is 73.5 Å². The van der Waals surface area contributed by atoms with Crippen LogP contribution in [0.4, 0.5) is 0 Å². The van der Waals surface area contributed by atoms with E-state index in [0.29, 0.717) is 18.0 Å². The standard InChI is InChI=1S/C30H35N3O3S/c1-36-26-9-7-23(8-10-26)21-33-19-15-30(29(33)35)13-17-32(18-14-30)16-11-27(24-5-3-2-4-6-24)31-28(34)25-12-20-37-22-25/h2-10,12,20,22,27H,11,13-19,21H2,1H3,(H,31,34)/t27-/m0/s1. The predicted molar refractivity (Wildman–Crippen MR) is 147 cm³/mol. The Kier molecular flexibility index (Phi) is 7.91. The van der Waals surface area contributed by atoms with Crippen LogP contribution >= 0.6 is 11.3 Å². The minimum Gasteiger partial charge on any atom is -0.497 e. The molecule has 1 spiro atoms. The molecule has 2 aliphatic heterocycles. The van der Waals surface area contributed by atoms with Gasteiger partial charge in [0.2, 0.25) is 5.91 Å². The van der Waals surface area contributed by atoms with Crippen LogP contribution in [0.15, 0.2) is 71.4 Å². The van der Waals surface area contributed by atoms with Gasteiger partial charge in [0.1, 0.15) is 5.75 Å². The minimum absolute atomic E-state index is 0.0267. The van der Waals surface area contributed by atoms with Gasteiger partial charge in [0.15, 0.2) is 0 Å². The molecule has 1 N–H and O–H groups in total. The van der Waals surface area contributed by atoms with E-state index < -0.39 is 0 Å². The van der Waals surface area contributed by atoms with Crippen LogP contribution in [0, 0.1) is 5.41 Å². The molecule has 37 heavy (non-hydrogen) atoms. The summed E-state index contributed by atoms with van der Waals surface area (Å²) in [7, 11) is 1.66. The fourth-order valence-corrected chi connectivity index (χ4v) is 6.25. The Labute approximate surface area is 223 Å². The first kappa shape index (κ1) is 25.5. The van der Waals surface area contributed by atoms with E-state index in [0.717, 1.165) is 68.7 Å². The molecule has 0 unspecified atom stereocenters. The van der Waals surface area contributed by atoms with E-state index in [2.05, 4.69) is 22.3 Å². The van der Waals surface area contributed by atoms with Crippen molar-refractivity contribution in [3.05, 3.63) is 88.1 Å². The molecule has 1 aromatic heterocycles. The molecule has 3 aromatic rings. The Morgan fingerprint density at radius 1 is 1.03 bits per heavy atom. The van der Waals surface area contributed by atoms with Crippen molar-refractivity contribution in [3.8, 4) is 5.75 Å². The number of ether oxygens (including phenoxy) is 1. The van der Waals surface area contributed by atoms with Gasteiger partial charge in [0.05, 0.1) is 24.1 Å². The highest BCUT2D eigenvalue weighted by atomic mass is 32.1. The van der Waals surface area contributed by atoms with E-state index in [9.17, 15) is 9.59 Å². The van der Waals surface area contributed by atoms with Gasteiger partial charge in [-0.25, -0.2) is 0 Å². The average Bonchev–Trinajstić information content (AvgIpc) is 3.58.